The lowest BCUT2D eigenvalue weighted by Crippen LogP contribution is -2.52. The summed E-state index contributed by atoms with van der Waals surface area (Å²) in [6.45, 7) is 3.93. The van der Waals surface area contributed by atoms with Crippen molar-refractivity contribution < 1.29 is 22.0 Å². The number of sulfonamides is 1. The average Bonchev–Trinajstić information content (AvgIpc) is 3.29. The number of piperazine rings is 1. The van der Waals surface area contributed by atoms with Crippen molar-refractivity contribution in [3.8, 4) is 11.4 Å². The van der Waals surface area contributed by atoms with E-state index in [2.05, 4.69) is 15.4 Å². The van der Waals surface area contributed by atoms with Gasteiger partial charge in [-0.3, -0.25) is 4.79 Å². The Morgan fingerprint density at radius 3 is 2.29 bits per heavy atom. The van der Waals surface area contributed by atoms with Crippen molar-refractivity contribution in [1.29, 1.82) is 0 Å². The van der Waals surface area contributed by atoms with E-state index in [1.54, 1.807) is 4.90 Å². The minimum Gasteiger partial charge on any atom is -0.338 e. The highest BCUT2D eigenvalue weighted by molar-refractivity contribution is 7.89. The van der Waals surface area contributed by atoms with Crippen LogP contribution in [0.25, 0.3) is 11.4 Å². The zero-order valence-electron chi connectivity index (χ0n) is 18.7. The highest BCUT2D eigenvalue weighted by Gasteiger charge is 2.36. The third-order valence-electron chi connectivity index (χ3n) is 5.66. The third-order valence-corrected chi connectivity index (χ3v) is 7.59. The van der Waals surface area contributed by atoms with Gasteiger partial charge in [0.1, 0.15) is 16.5 Å². The molecular weight excluding hydrogens is 466 g/mol. The first-order chi connectivity index (χ1) is 16.2. The lowest BCUT2D eigenvalue weighted by molar-refractivity contribution is -0.138. The number of carbonyl (C=O) groups is 1. The molecule has 1 unspecified atom stereocenters. The molecule has 34 heavy (non-hydrogen) atoms. The number of benzene rings is 2. The average molecular weight is 491 g/mol. The molecule has 0 aliphatic carbocycles. The van der Waals surface area contributed by atoms with Crippen molar-refractivity contribution in [2.75, 3.05) is 26.2 Å². The number of halogens is 2. The maximum atomic E-state index is 14.1. The van der Waals surface area contributed by atoms with Gasteiger partial charge in [-0.2, -0.15) is 9.10 Å². The lowest BCUT2D eigenvalue weighted by Gasteiger charge is -2.36. The van der Waals surface area contributed by atoms with Crippen LogP contribution in [-0.4, -0.2) is 69.9 Å². The second-order valence-electron chi connectivity index (χ2n) is 8.29. The molecule has 12 heteroatoms. The van der Waals surface area contributed by atoms with Crippen molar-refractivity contribution in [3.63, 3.8) is 0 Å². The molecule has 1 aliphatic rings. The van der Waals surface area contributed by atoms with Gasteiger partial charge in [0.25, 0.3) is 0 Å². The molecule has 2 aromatic carbocycles. The smallest absolute Gasteiger partial charge is 0.249 e. The molecule has 9 nitrogen and oxygen atoms in total. The van der Waals surface area contributed by atoms with Crippen molar-refractivity contribution in [2.45, 2.75) is 24.8 Å². The highest BCUT2D eigenvalue weighted by atomic mass is 32.2. The summed E-state index contributed by atoms with van der Waals surface area (Å²) in [6, 6.07) is 10.9. The fourth-order valence-electron chi connectivity index (χ4n) is 3.86. The second kappa shape index (κ2) is 9.55. The molecular formula is C22H24F2N6O3S. The molecule has 1 atom stereocenters. The maximum absolute atomic E-state index is 14.1. The van der Waals surface area contributed by atoms with Gasteiger partial charge in [0, 0.05) is 37.8 Å². The van der Waals surface area contributed by atoms with E-state index >= 15 is 0 Å². The normalized spacial score (nSPS) is 16.1. The molecule has 0 N–H and O–H groups in total. The zero-order valence-corrected chi connectivity index (χ0v) is 19.5. The van der Waals surface area contributed by atoms with Crippen LogP contribution in [0.4, 0.5) is 8.78 Å². The van der Waals surface area contributed by atoms with Crippen LogP contribution >= 0.6 is 0 Å². The minimum absolute atomic E-state index is 0.0181. The Balaban J connectivity index is 1.48. The number of aromatic nitrogens is 4. The molecule has 1 aromatic heterocycles. The molecule has 1 aliphatic heterocycles. The van der Waals surface area contributed by atoms with Gasteiger partial charge >= 0.3 is 0 Å². The van der Waals surface area contributed by atoms with Crippen LogP contribution < -0.4 is 0 Å². The van der Waals surface area contributed by atoms with E-state index in [4.69, 9.17) is 0 Å². The fraction of sp³-hybridized carbons (Fsp3) is 0.364. The van der Waals surface area contributed by atoms with Gasteiger partial charge in [0.15, 0.2) is 6.04 Å². The van der Waals surface area contributed by atoms with Gasteiger partial charge in [-0.25, -0.2) is 17.2 Å². The predicted octanol–water partition coefficient (Wildman–Crippen LogP) is 2.35. The summed E-state index contributed by atoms with van der Waals surface area (Å²) in [4.78, 5) is 15.6. The summed E-state index contributed by atoms with van der Waals surface area (Å²) in [5.41, 5.74) is 0.774. The summed E-state index contributed by atoms with van der Waals surface area (Å²) in [7, 11) is -4.16. The van der Waals surface area contributed by atoms with Gasteiger partial charge in [0.2, 0.25) is 21.8 Å². The molecule has 1 fully saturated rings. The fourth-order valence-corrected chi connectivity index (χ4v) is 5.32. The molecule has 1 amide bonds. The molecule has 2 heterocycles. The number of nitrogens with zero attached hydrogens (tertiary/aromatic N) is 6. The summed E-state index contributed by atoms with van der Waals surface area (Å²) >= 11 is 0. The van der Waals surface area contributed by atoms with Crippen LogP contribution in [0.3, 0.4) is 0 Å². The van der Waals surface area contributed by atoms with Crippen LogP contribution in [0.2, 0.25) is 0 Å². The van der Waals surface area contributed by atoms with E-state index in [-0.39, 0.29) is 38.0 Å². The molecule has 0 radical (unpaired) electrons. The van der Waals surface area contributed by atoms with Crippen LogP contribution in [0.1, 0.15) is 19.9 Å². The largest absolute Gasteiger partial charge is 0.338 e. The Morgan fingerprint density at radius 2 is 1.68 bits per heavy atom. The van der Waals surface area contributed by atoms with Crippen LogP contribution in [0.5, 0.6) is 0 Å². The standard InChI is InChI=1S/C22H24F2N6O3S/c1-15(2)20(30-26-21(25-27-30)16-6-4-3-5-7-16)22(31)28-10-12-29(13-11-28)34(32,33)19-9-8-17(23)14-18(19)24/h3-9,14-15,20H,10-13H2,1-2H3. The number of amides is 1. The Labute approximate surface area is 196 Å². The van der Waals surface area contributed by atoms with Gasteiger partial charge < -0.3 is 4.90 Å². The van der Waals surface area contributed by atoms with E-state index in [9.17, 15) is 22.0 Å². The first-order valence-electron chi connectivity index (χ1n) is 10.8. The van der Waals surface area contributed by atoms with Crippen molar-refractivity contribution in [1.82, 2.24) is 29.4 Å². The predicted molar refractivity (Wildman–Crippen MR) is 119 cm³/mol. The van der Waals surface area contributed by atoms with Crippen LogP contribution in [0.15, 0.2) is 53.4 Å². The molecule has 0 bridgehead atoms. The van der Waals surface area contributed by atoms with Crippen LogP contribution in [-0.2, 0) is 14.8 Å². The number of hydrogen-bond donors (Lipinski definition) is 0. The molecule has 0 spiro atoms. The first-order valence-corrected chi connectivity index (χ1v) is 12.2. The van der Waals surface area contributed by atoms with Gasteiger partial charge in [0.05, 0.1) is 0 Å². The van der Waals surface area contributed by atoms with E-state index in [0.717, 1.165) is 22.0 Å². The Hall–Kier alpha value is -3.25. The Kier molecular flexibility index (Phi) is 6.71. The van der Waals surface area contributed by atoms with E-state index < -0.39 is 32.6 Å². The lowest BCUT2D eigenvalue weighted by atomic mass is 10.0. The minimum atomic E-state index is -4.16. The summed E-state index contributed by atoms with van der Waals surface area (Å²) in [5, 5.41) is 12.6. The number of carbonyl (C=O) groups excluding carboxylic acids is 1. The highest BCUT2D eigenvalue weighted by Crippen LogP contribution is 2.24. The number of tetrazole rings is 1. The van der Waals surface area contributed by atoms with Crippen molar-refractivity contribution >= 4 is 15.9 Å². The molecule has 4 rings (SSSR count). The maximum Gasteiger partial charge on any atom is 0.249 e. The molecule has 1 saturated heterocycles. The topological polar surface area (TPSA) is 101 Å². The van der Waals surface area contributed by atoms with Crippen LogP contribution in [0, 0.1) is 17.6 Å². The number of rotatable bonds is 6. The summed E-state index contributed by atoms with van der Waals surface area (Å²) in [5.74, 6) is -2.01. The molecule has 180 valence electrons. The Morgan fingerprint density at radius 1 is 1.00 bits per heavy atom. The molecule has 3 aromatic rings. The summed E-state index contributed by atoms with van der Waals surface area (Å²) < 4.78 is 54.0. The van der Waals surface area contributed by atoms with Gasteiger partial charge in [-0.15, -0.1) is 10.2 Å². The van der Waals surface area contributed by atoms with E-state index in [1.165, 1.54) is 4.80 Å². The SMILES string of the molecule is CC(C)C(C(=O)N1CCN(S(=O)(=O)c2ccc(F)cc2F)CC1)n1nnc(-c2ccccc2)n1. The third kappa shape index (κ3) is 4.68. The Bertz CT molecular complexity index is 1270. The van der Waals surface area contributed by atoms with Gasteiger partial charge in [-0.1, -0.05) is 44.2 Å². The second-order valence-corrected chi connectivity index (χ2v) is 10.2. The number of hydrogen-bond acceptors (Lipinski definition) is 6. The quantitative estimate of drug-likeness (QED) is 0.526. The van der Waals surface area contributed by atoms with Gasteiger partial charge in [-0.05, 0) is 23.3 Å². The summed E-state index contributed by atoms with van der Waals surface area (Å²) in [6.07, 6.45) is 0. The van der Waals surface area contributed by atoms with E-state index in [0.29, 0.717) is 11.9 Å². The molecule has 0 saturated carbocycles. The first kappa shape index (κ1) is 23.9. The monoisotopic (exact) mass is 490 g/mol. The van der Waals surface area contributed by atoms with Crippen molar-refractivity contribution in [3.05, 3.63) is 60.2 Å². The van der Waals surface area contributed by atoms with E-state index in [1.807, 2.05) is 44.2 Å². The van der Waals surface area contributed by atoms with Crippen molar-refractivity contribution in [2.24, 2.45) is 5.92 Å². The zero-order chi connectivity index (χ0) is 24.5.